The van der Waals surface area contributed by atoms with Crippen molar-refractivity contribution in [3.63, 3.8) is 0 Å². The lowest BCUT2D eigenvalue weighted by Gasteiger charge is -2.32. The largest absolute Gasteiger partial charge is 0.386 e. The van der Waals surface area contributed by atoms with Crippen LogP contribution < -0.4 is 5.56 Å². The van der Waals surface area contributed by atoms with Crippen molar-refractivity contribution in [3.8, 4) is 5.69 Å². The maximum Gasteiger partial charge on any atom is 0.275 e. The van der Waals surface area contributed by atoms with Gasteiger partial charge < -0.3 is 5.11 Å². The summed E-state index contributed by atoms with van der Waals surface area (Å²) in [5.41, 5.74) is 1.84. The number of hydrogen-bond acceptors (Lipinski definition) is 4. The molecule has 1 saturated carbocycles. The highest BCUT2D eigenvalue weighted by atomic mass is 35.5. The van der Waals surface area contributed by atoms with Crippen molar-refractivity contribution in [2.45, 2.75) is 18.9 Å². The van der Waals surface area contributed by atoms with Crippen LogP contribution in [0.25, 0.3) is 5.69 Å². The maximum absolute atomic E-state index is 13.1. The number of carbonyl (C=O) groups excluding carboxylic acids is 1. The lowest BCUT2D eigenvalue weighted by Crippen LogP contribution is -2.52. The fraction of sp³-hybridized carbons (Fsp3) is 0.190. The number of nitrogens with zero attached hydrogens (tertiary/aromatic N) is 3. The normalized spacial score (nSPS) is 20.4. The van der Waals surface area contributed by atoms with Gasteiger partial charge in [-0.05, 0) is 37.3 Å². The molecule has 0 radical (unpaired) electrons. The van der Waals surface area contributed by atoms with E-state index in [1.807, 2.05) is 30.3 Å². The van der Waals surface area contributed by atoms with Gasteiger partial charge in [0.15, 0.2) is 5.78 Å². The summed E-state index contributed by atoms with van der Waals surface area (Å²) in [6.07, 6.45) is -1.13. The van der Waals surface area contributed by atoms with Crippen molar-refractivity contribution in [3.05, 3.63) is 81.2 Å². The number of carbonyl (C=O) groups is 1. The van der Waals surface area contributed by atoms with Crippen LogP contribution in [0.3, 0.4) is 0 Å². The average molecular weight is 396 g/mol. The molecule has 6 nitrogen and oxygen atoms in total. The Kier molecular flexibility index (Phi) is 4.53. The van der Waals surface area contributed by atoms with E-state index in [-0.39, 0.29) is 17.1 Å². The van der Waals surface area contributed by atoms with Crippen LogP contribution in [0.5, 0.6) is 0 Å². The number of aliphatic imine (C=N–C) groups is 1. The summed E-state index contributed by atoms with van der Waals surface area (Å²) in [4.78, 5) is 30.0. The zero-order valence-electron chi connectivity index (χ0n) is 15.3. The highest BCUT2D eigenvalue weighted by Gasteiger charge is 2.49. The molecule has 28 heavy (non-hydrogen) atoms. The van der Waals surface area contributed by atoms with Crippen molar-refractivity contribution >= 4 is 28.8 Å². The summed E-state index contributed by atoms with van der Waals surface area (Å²) >= 11 is 5.94. The zero-order valence-corrected chi connectivity index (χ0v) is 16.1. The number of aromatic nitrogens is 2. The van der Waals surface area contributed by atoms with Crippen LogP contribution in [0.1, 0.15) is 17.2 Å². The Labute approximate surface area is 166 Å². The van der Waals surface area contributed by atoms with Gasteiger partial charge in [-0.1, -0.05) is 35.9 Å². The Bertz CT molecular complexity index is 1160. The standard InChI is InChI=1S/C21H18ClN3O3/c1-12-16(21(28)25(24(12)2)15-9-4-3-5-10-15)17-19(26)18(20(17)27)23-14-8-6-7-13(22)11-14/h3-11,17,19,26H,1-2H3. The Balaban J connectivity index is 1.74. The number of aliphatic hydroxyl groups is 1. The zero-order chi connectivity index (χ0) is 20.0. The number of benzene rings is 2. The van der Waals surface area contributed by atoms with E-state index in [1.165, 1.54) is 4.68 Å². The van der Waals surface area contributed by atoms with Crippen LogP contribution in [-0.2, 0) is 11.8 Å². The van der Waals surface area contributed by atoms with Gasteiger partial charge in [0.2, 0.25) is 0 Å². The van der Waals surface area contributed by atoms with Gasteiger partial charge in [0.25, 0.3) is 5.56 Å². The first kappa shape index (κ1) is 18.4. The van der Waals surface area contributed by atoms with Crippen molar-refractivity contribution < 1.29 is 9.90 Å². The van der Waals surface area contributed by atoms with E-state index in [0.29, 0.717) is 27.7 Å². The molecule has 2 unspecified atom stereocenters. The number of para-hydroxylation sites is 1. The molecule has 1 heterocycles. The van der Waals surface area contributed by atoms with Gasteiger partial charge in [-0.25, -0.2) is 9.67 Å². The minimum atomic E-state index is -1.13. The van der Waals surface area contributed by atoms with Gasteiger partial charge in [-0.2, -0.15) is 0 Å². The van der Waals surface area contributed by atoms with Gasteiger partial charge in [-0.3, -0.25) is 14.3 Å². The fourth-order valence-electron chi connectivity index (χ4n) is 3.55. The molecule has 0 aliphatic heterocycles. The van der Waals surface area contributed by atoms with Crippen molar-refractivity contribution in [1.29, 1.82) is 0 Å². The number of rotatable bonds is 3. The molecule has 0 spiro atoms. The first-order valence-corrected chi connectivity index (χ1v) is 9.18. The van der Waals surface area contributed by atoms with E-state index >= 15 is 0 Å². The quantitative estimate of drug-likeness (QED) is 0.740. The second-order valence-electron chi connectivity index (χ2n) is 6.74. The first-order valence-electron chi connectivity index (χ1n) is 8.80. The monoisotopic (exact) mass is 395 g/mol. The van der Waals surface area contributed by atoms with Crippen molar-refractivity contribution in [2.75, 3.05) is 0 Å². The number of Topliss-reactive ketones (excluding diaryl/α,β-unsaturated/α-hetero) is 1. The molecule has 3 aromatic rings. The second kappa shape index (κ2) is 6.89. The minimum absolute atomic E-state index is 0.0428. The van der Waals surface area contributed by atoms with E-state index in [2.05, 4.69) is 4.99 Å². The molecule has 0 saturated heterocycles. The summed E-state index contributed by atoms with van der Waals surface area (Å²) in [6, 6.07) is 15.9. The topological polar surface area (TPSA) is 76.6 Å². The molecule has 1 fully saturated rings. The second-order valence-corrected chi connectivity index (χ2v) is 7.18. The van der Waals surface area contributed by atoms with E-state index < -0.39 is 12.0 Å². The van der Waals surface area contributed by atoms with Crippen molar-refractivity contribution in [1.82, 2.24) is 9.36 Å². The molecule has 1 aliphatic rings. The smallest absolute Gasteiger partial charge is 0.275 e. The van der Waals surface area contributed by atoms with Crippen LogP contribution in [0.2, 0.25) is 5.02 Å². The average Bonchev–Trinajstić information content (AvgIpc) is 2.90. The molecule has 1 aliphatic carbocycles. The summed E-state index contributed by atoms with van der Waals surface area (Å²) < 4.78 is 3.19. The molecule has 0 bridgehead atoms. The predicted octanol–water partition coefficient (Wildman–Crippen LogP) is 2.94. The minimum Gasteiger partial charge on any atom is -0.386 e. The fourth-order valence-corrected chi connectivity index (χ4v) is 3.74. The third-order valence-electron chi connectivity index (χ3n) is 5.10. The molecule has 142 valence electrons. The van der Waals surface area contributed by atoms with Gasteiger partial charge in [0.05, 0.1) is 22.9 Å². The highest BCUT2D eigenvalue weighted by Crippen LogP contribution is 2.34. The van der Waals surface area contributed by atoms with Crippen LogP contribution in [0.4, 0.5) is 5.69 Å². The van der Waals surface area contributed by atoms with Gasteiger partial charge in [-0.15, -0.1) is 0 Å². The SMILES string of the molecule is Cc1c(C2C(=O)C(=Nc3cccc(Cl)c3)C2O)c(=O)n(-c2ccccc2)n1C. The third kappa shape index (κ3) is 2.82. The number of ketones is 1. The Morgan fingerprint density at radius 2 is 1.79 bits per heavy atom. The summed E-state index contributed by atoms with van der Waals surface area (Å²) in [6.45, 7) is 1.77. The van der Waals surface area contributed by atoms with E-state index in [9.17, 15) is 14.7 Å². The molecule has 2 atom stereocenters. The van der Waals surface area contributed by atoms with E-state index in [4.69, 9.17) is 11.6 Å². The number of aliphatic hydroxyl groups excluding tert-OH is 1. The van der Waals surface area contributed by atoms with Crippen LogP contribution in [0.15, 0.2) is 64.4 Å². The summed E-state index contributed by atoms with van der Waals surface area (Å²) in [5.74, 6) is -1.26. The summed E-state index contributed by atoms with van der Waals surface area (Å²) in [5, 5.41) is 11.1. The molecular formula is C21H18ClN3O3. The Morgan fingerprint density at radius 1 is 1.07 bits per heavy atom. The molecule has 1 N–H and O–H groups in total. The van der Waals surface area contributed by atoms with Crippen molar-refractivity contribution in [2.24, 2.45) is 12.0 Å². The number of hydrogen-bond donors (Lipinski definition) is 1. The van der Waals surface area contributed by atoms with Gasteiger partial charge >= 0.3 is 0 Å². The van der Waals surface area contributed by atoms with Crippen LogP contribution in [0, 0.1) is 6.92 Å². The number of halogens is 1. The highest BCUT2D eigenvalue weighted by molar-refractivity contribution is 6.51. The molecule has 1 aromatic heterocycles. The predicted molar refractivity (Wildman–Crippen MR) is 108 cm³/mol. The molecule has 2 aromatic carbocycles. The Hall–Kier alpha value is -2.96. The summed E-state index contributed by atoms with van der Waals surface area (Å²) in [7, 11) is 1.75. The Morgan fingerprint density at radius 3 is 2.43 bits per heavy atom. The first-order chi connectivity index (χ1) is 13.4. The lowest BCUT2D eigenvalue weighted by molar-refractivity contribution is -0.120. The lowest BCUT2D eigenvalue weighted by atomic mass is 9.73. The molecular weight excluding hydrogens is 378 g/mol. The van der Waals surface area contributed by atoms with Crippen LogP contribution in [-0.4, -0.2) is 32.1 Å². The third-order valence-corrected chi connectivity index (χ3v) is 5.33. The van der Waals surface area contributed by atoms with Gasteiger partial charge in [0, 0.05) is 17.8 Å². The van der Waals surface area contributed by atoms with E-state index in [0.717, 1.165) is 0 Å². The molecule has 4 rings (SSSR count). The van der Waals surface area contributed by atoms with Crippen LogP contribution >= 0.6 is 11.6 Å². The molecule has 7 heteroatoms. The molecule has 0 amide bonds. The van der Waals surface area contributed by atoms with E-state index in [1.54, 1.807) is 42.9 Å². The maximum atomic E-state index is 13.1. The van der Waals surface area contributed by atoms with Gasteiger partial charge in [0.1, 0.15) is 11.8 Å².